The first kappa shape index (κ1) is 24.4. The van der Waals surface area contributed by atoms with Crippen molar-refractivity contribution in [3.8, 4) is 0 Å². The molecule has 1 aliphatic rings. The molecule has 2 aromatic carbocycles. The predicted octanol–water partition coefficient (Wildman–Crippen LogP) is 2.04. The normalized spacial score (nSPS) is 15.8. The number of anilines is 1. The van der Waals surface area contributed by atoms with Crippen LogP contribution < -0.4 is 16.0 Å². The number of nitrogens with zero attached hydrogens (tertiary/aromatic N) is 1. The number of rotatable bonds is 9. The Morgan fingerprint density at radius 3 is 2.48 bits per heavy atom. The molecular formula is C23H28N4O5S. The van der Waals surface area contributed by atoms with Gasteiger partial charge in [-0.1, -0.05) is 32.0 Å². The average molecular weight is 473 g/mol. The molecule has 0 saturated carbocycles. The quantitative estimate of drug-likeness (QED) is 0.515. The van der Waals surface area contributed by atoms with Crippen molar-refractivity contribution in [2.24, 2.45) is 0 Å². The Kier molecular flexibility index (Phi) is 7.83. The van der Waals surface area contributed by atoms with Gasteiger partial charge in [-0.05, 0) is 42.3 Å². The van der Waals surface area contributed by atoms with Gasteiger partial charge in [0.1, 0.15) is 0 Å². The molecule has 0 spiro atoms. The van der Waals surface area contributed by atoms with E-state index in [4.69, 9.17) is 0 Å². The van der Waals surface area contributed by atoms with Gasteiger partial charge in [-0.25, -0.2) is 8.42 Å². The predicted molar refractivity (Wildman–Crippen MR) is 124 cm³/mol. The molecule has 2 aromatic rings. The van der Waals surface area contributed by atoms with E-state index in [1.54, 1.807) is 32.0 Å². The minimum atomic E-state index is -3.70. The molecule has 176 valence electrons. The zero-order valence-electron chi connectivity index (χ0n) is 18.6. The Balaban J connectivity index is 1.60. The molecule has 33 heavy (non-hydrogen) atoms. The van der Waals surface area contributed by atoms with E-state index >= 15 is 0 Å². The van der Waals surface area contributed by atoms with Crippen molar-refractivity contribution in [1.29, 1.82) is 0 Å². The van der Waals surface area contributed by atoms with Gasteiger partial charge >= 0.3 is 0 Å². The van der Waals surface area contributed by atoms with Gasteiger partial charge in [-0.15, -0.1) is 0 Å². The van der Waals surface area contributed by atoms with Gasteiger partial charge in [-0.2, -0.15) is 4.31 Å². The van der Waals surface area contributed by atoms with E-state index in [0.29, 0.717) is 31.6 Å². The molecule has 0 aromatic heterocycles. The van der Waals surface area contributed by atoms with Crippen LogP contribution >= 0.6 is 0 Å². The highest BCUT2D eigenvalue weighted by Gasteiger charge is 2.23. The lowest BCUT2D eigenvalue weighted by Gasteiger charge is -2.18. The molecule has 9 nitrogen and oxygen atoms in total. The van der Waals surface area contributed by atoms with Crippen molar-refractivity contribution in [3.63, 3.8) is 0 Å². The molecule has 1 aliphatic heterocycles. The first-order chi connectivity index (χ1) is 15.7. The smallest absolute Gasteiger partial charge is 0.251 e. The SMILES string of the molecule is CCN(CC)S(=O)(=O)c1cccc(C(=O)NCC(=O)Nc2cccc(C3CCC(=O)N3)c2)c1. The maximum atomic E-state index is 12.7. The van der Waals surface area contributed by atoms with Crippen LogP contribution in [0.2, 0.25) is 0 Å². The fraction of sp³-hybridized carbons (Fsp3) is 0.348. The van der Waals surface area contributed by atoms with Crippen molar-refractivity contribution < 1.29 is 22.8 Å². The first-order valence-electron chi connectivity index (χ1n) is 10.8. The Labute approximate surface area is 193 Å². The Morgan fingerprint density at radius 2 is 1.82 bits per heavy atom. The van der Waals surface area contributed by atoms with E-state index in [0.717, 1.165) is 5.56 Å². The standard InChI is InChI=1S/C23H28N4O5S/c1-3-27(4-2)33(31,32)19-10-6-8-17(14-19)23(30)24-15-22(29)25-18-9-5-7-16(13-18)20-11-12-21(28)26-20/h5-10,13-14,20H,3-4,11-12,15H2,1-2H3,(H,24,30)(H,25,29)(H,26,28). The third kappa shape index (κ3) is 5.96. The maximum Gasteiger partial charge on any atom is 0.251 e. The number of hydrogen-bond acceptors (Lipinski definition) is 5. The van der Waals surface area contributed by atoms with Gasteiger partial charge in [0.2, 0.25) is 21.8 Å². The summed E-state index contributed by atoms with van der Waals surface area (Å²) in [5.41, 5.74) is 1.60. The first-order valence-corrected chi connectivity index (χ1v) is 12.3. The van der Waals surface area contributed by atoms with E-state index in [2.05, 4.69) is 16.0 Å². The highest BCUT2D eigenvalue weighted by molar-refractivity contribution is 7.89. The van der Waals surface area contributed by atoms with Gasteiger partial charge in [0.05, 0.1) is 17.5 Å². The van der Waals surface area contributed by atoms with Gasteiger partial charge in [-0.3, -0.25) is 14.4 Å². The second-order valence-electron chi connectivity index (χ2n) is 7.63. The van der Waals surface area contributed by atoms with Crippen LogP contribution in [0, 0.1) is 0 Å². The molecule has 1 heterocycles. The van der Waals surface area contributed by atoms with Gasteiger partial charge in [0.25, 0.3) is 5.91 Å². The van der Waals surface area contributed by atoms with Crippen molar-refractivity contribution in [1.82, 2.24) is 14.9 Å². The van der Waals surface area contributed by atoms with Gasteiger partial charge < -0.3 is 16.0 Å². The minimum Gasteiger partial charge on any atom is -0.349 e. The largest absolute Gasteiger partial charge is 0.349 e. The Morgan fingerprint density at radius 1 is 1.09 bits per heavy atom. The summed E-state index contributed by atoms with van der Waals surface area (Å²) in [7, 11) is -3.70. The minimum absolute atomic E-state index is 0.00566. The van der Waals surface area contributed by atoms with E-state index < -0.39 is 21.8 Å². The maximum absolute atomic E-state index is 12.7. The zero-order chi connectivity index (χ0) is 24.0. The van der Waals surface area contributed by atoms with Crippen LogP contribution in [0.3, 0.4) is 0 Å². The molecule has 0 radical (unpaired) electrons. The molecule has 0 aliphatic carbocycles. The van der Waals surface area contributed by atoms with Crippen LogP contribution in [-0.2, 0) is 19.6 Å². The second kappa shape index (κ2) is 10.6. The monoisotopic (exact) mass is 472 g/mol. The van der Waals surface area contributed by atoms with Crippen LogP contribution in [0.1, 0.15) is 48.7 Å². The van der Waals surface area contributed by atoms with Crippen molar-refractivity contribution in [3.05, 3.63) is 59.7 Å². The zero-order valence-corrected chi connectivity index (χ0v) is 19.4. The van der Waals surface area contributed by atoms with Crippen LogP contribution in [0.4, 0.5) is 5.69 Å². The van der Waals surface area contributed by atoms with Crippen molar-refractivity contribution >= 4 is 33.4 Å². The summed E-state index contributed by atoms with van der Waals surface area (Å²) in [6, 6.07) is 12.8. The molecule has 0 bridgehead atoms. The van der Waals surface area contributed by atoms with Crippen LogP contribution in [0.25, 0.3) is 0 Å². The fourth-order valence-corrected chi connectivity index (χ4v) is 5.18. The number of carbonyl (C=O) groups excluding carboxylic acids is 3. The van der Waals surface area contributed by atoms with Crippen LogP contribution in [0.15, 0.2) is 53.4 Å². The summed E-state index contributed by atoms with van der Waals surface area (Å²) in [5.74, 6) is -0.974. The summed E-state index contributed by atoms with van der Waals surface area (Å²) < 4.78 is 26.7. The van der Waals surface area contributed by atoms with Gasteiger partial charge in [0.15, 0.2) is 0 Å². The van der Waals surface area contributed by atoms with Gasteiger partial charge in [0, 0.05) is 30.8 Å². The summed E-state index contributed by atoms with van der Waals surface area (Å²) in [5, 5.41) is 8.12. The summed E-state index contributed by atoms with van der Waals surface area (Å²) in [4.78, 5) is 36.3. The average Bonchev–Trinajstić information content (AvgIpc) is 3.25. The van der Waals surface area contributed by atoms with E-state index in [-0.39, 0.29) is 29.0 Å². The molecule has 1 unspecified atom stereocenters. The highest BCUT2D eigenvalue weighted by Crippen LogP contribution is 2.25. The third-order valence-electron chi connectivity index (χ3n) is 5.42. The second-order valence-corrected chi connectivity index (χ2v) is 9.57. The van der Waals surface area contributed by atoms with Crippen molar-refractivity contribution in [2.75, 3.05) is 25.0 Å². The number of benzene rings is 2. The molecule has 3 amide bonds. The molecule has 3 rings (SSSR count). The van der Waals surface area contributed by atoms with Crippen molar-refractivity contribution in [2.45, 2.75) is 37.6 Å². The third-order valence-corrected chi connectivity index (χ3v) is 7.46. The number of nitrogens with one attached hydrogen (secondary N) is 3. The van der Waals surface area contributed by atoms with Crippen LogP contribution in [0.5, 0.6) is 0 Å². The molecular weight excluding hydrogens is 444 g/mol. The Bertz CT molecular complexity index is 1150. The molecule has 10 heteroatoms. The summed E-state index contributed by atoms with van der Waals surface area (Å²) in [6.45, 7) is 3.86. The molecule has 1 fully saturated rings. The van der Waals surface area contributed by atoms with E-state index in [9.17, 15) is 22.8 Å². The van der Waals surface area contributed by atoms with E-state index in [1.807, 2.05) is 6.07 Å². The highest BCUT2D eigenvalue weighted by atomic mass is 32.2. The lowest BCUT2D eigenvalue weighted by molar-refractivity contribution is -0.119. The Hall–Kier alpha value is -3.24. The lowest BCUT2D eigenvalue weighted by atomic mass is 10.0. The molecule has 1 saturated heterocycles. The summed E-state index contributed by atoms with van der Waals surface area (Å²) in [6.07, 6.45) is 1.18. The topological polar surface area (TPSA) is 125 Å². The van der Waals surface area contributed by atoms with E-state index in [1.165, 1.54) is 28.6 Å². The molecule has 1 atom stereocenters. The molecule has 3 N–H and O–H groups in total. The number of carbonyl (C=O) groups is 3. The summed E-state index contributed by atoms with van der Waals surface area (Å²) >= 11 is 0. The van der Waals surface area contributed by atoms with Crippen LogP contribution in [-0.4, -0.2) is 50.1 Å². The lowest BCUT2D eigenvalue weighted by Crippen LogP contribution is -2.33. The fourth-order valence-electron chi connectivity index (χ4n) is 3.68. The number of sulfonamides is 1. The number of hydrogen-bond donors (Lipinski definition) is 3. The number of amides is 3.